The molecule has 2 amide bonds. The zero-order valence-corrected chi connectivity index (χ0v) is 17.3. The molecule has 33 heavy (non-hydrogen) atoms. The summed E-state index contributed by atoms with van der Waals surface area (Å²) < 4.78 is 19.7. The van der Waals surface area contributed by atoms with E-state index in [9.17, 15) is 18.8 Å². The number of rotatable bonds is 7. The summed E-state index contributed by atoms with van der Waals surface area (Å²) in [5, 5.41) is 22.7. The molecule has 0 aliphatic carbocycles. The van der Waals surface area contributed by atoms with E-state index in [-0.39, 0.29) is 39.5 Å². The summed E-state index contributed by atoms with van der Waals surface area (Å²) in [6, 6.07) is 13.0. The number of methoxy groups -OCH3 is 1. The van der Waals surface area contributed by atoms with Gasteiger partial charge in [-0.1, -0.05) is 18.2 Å². The zero-order chi connectivity index (χ0) is 24.0. The monoisotopic (exact) mass is 448 g/mol. The quantitative estimate of drug-likeness (QED) is 0.365. The molecule has 1 heterocycles. The second kappa shape index (κ2) is 10.0. The predicted octanol–water partition coefficient (Wildman–Crippen LogP) is 4.07. The lowest BCUT2D eigenvalue weighted by atomic mass is 10.0. The fourth-order valence-corrected chi connectivity index (χ4v) is 3.07. The first-order chi connectivity index (χ1) is 15.8. The normalized spacial score (nSPS) is 10.1. The Morgan fingerprint density at radius 3 is 2.48 bits per heavy atom. The topological polar surface area (TPSA) is 141 Å². The Morgan fingerprint density at radius 2 is 1.82 bits per heavy atom. The Labute approximate surface area is 187 Å². The molecule has 0 saturated heterocycles. The van der Waals surface area contributed by atoms with Gasteiger partial charge in [-0.15, -0.1) is 0 Å². The van der Waals surface area contributed by atoms with Crippen LogP contribution < -0.4 is 15.4 Å². The molecule has 3 aromatic rings. The number of nitrogens with zero attached hydrogens (tertiary/aromatic N) is 2. The van der Waals surface area contributed by atoms with Crippen molar-refractivity contribution in [3.05, 3.63) is 71.8 Å². The molecule has 0 spiro atoms. The first-order valence-corrected chi connectivity index (χ1v) is 9.48. The minimum atomic E-state index is -1.40. The van der Waals surface area contributed by atoms with E-state index in [1.165, 1.54) is 55.8 Å². The van der Waals surface area contributed by atoms with Crippen LogP contribution >= 0.6 is 0 Å². The van der Waals surface area contributed by atoms with Gasteiger partial charge in [0.05, 0.1) is 24.9 Å². The van der Waals surface area contributed by atoms with Gasteiger partial charge in [0.2, 0.25) is 5.91 Å². The van der Waals surface area contributed by atoms with Crippen molar-refractivity contribution >= 4 is 29.2 Å². The largest absolute Gasteiger partial charge is 0.496 e. The van der Waals surface area contributed by atoms with Crippen LogP contribution in [0, 0.1) is 17.1 Å². The van der Waals surface area contributed by atoms with Crippen molar-refractivity contribution in [3.63, 3.8) is 0 Å². The molecule has 2 aromatic carbocycles. The number of carboxylic acid groups (broad SMARTS) is 1. The number of ether oxygens (including phenoxy) is 1. The molecule has 1 aromatic heterocycles. The van der Waals surface area contributed by atoms with E-state index in [4.69, 9.17) is 15.1 Å². The summed E-state index contributed by atoms with van der Waals surface area (Å²) in [5.41, 5.74) is 0.559. The van der Waals surface area contributed by atoms with E-state index in [1.54, 1.807) is 6.07 Å². The number of carbonyl (C=O) groups is 3. The number of nitrogens with one attached hydrogen (secondary N) is 2. The van der Waals surface area contributed by atoms with E-state index in [1.807, 2.05) is 6.07 Å². The maximum atomic E-state index is 14.4. The lowest BCUT2D eigenvalue weighted by Gasteiger charge is -2.17. The molecule has 0 atom stereocenters. The fraction of sp³-hybridized carbons (Fsp3) is 0.0870. The molecular formula is C23H17FN4O5. The first kappa shape index (κ1) is 22.9. The molecule has 0 saturated carbocycles. The maximum absolute atomic E-state index is 14.4. The standard InChI is InChI=1S/C23H17FN4O5/c1-33-21-10-19(28-23(31)32)18(9-16(21)15-4-2-3-5-17(15)24)27-22(30)11-20(29)13-6-7-26-14(8-13)12-25/h2-10,28H,11H2,1H3,(H,27,30)(H,31,32). The number of ketones is 1. The fourth-order valence-electron chi connectivity index (χ4n) is 3.07. The number of nitriles is 1. The van der Waals surface area contributed by atoms with Crippen molar-refractivity contribution in [2.45, 2.75) is 6.42 Å². The summed E-state index contributed by atoms with van der Waals surface area (Å²) in [7, 11) is 1.34. The zero-order valence-electron chi connectivity index (χ0n) is 17.3. The third-order valence-electron chi connectivity index (χ3n) is 4.54. The van der Waals surface area contributed by atoms with E-state index in [2.05, 4.69) is 15.6 Å². The summed E-state index contributed by atoms with van der Waals surface area (Å²) >= 11 is 0. The van der Waals surface area contributed by atoms with Crippen molar-refractivity contribution < 1.29 is 28.6 Å². The van der Waals surface area contributed by atoms with Crippen LogP contribution in [0.1, 0.15) is 22.5 Å². The van der Waals surface area contributed by atoms with Crippen LogP contribution in [0.4, 0.5) is 20.6 Å². The van der Waals surface area contributed by atoms with Crippen molar-refractivity contribution in [2.24, 2.45) is 0 Å². The van der Waals surface area contributed by atoms with Crippen LogP contribution in [-0.2, 0) is 4.79 Å². The lowest BCUT2D eigenvalue weighted by Crippen LogP contribution is -2.19. The Bertz CT molecular complexity index is 1290. The highest BCUT2D eigenvalue weighted by Crippen LogP contribution is 2.38. The summed E-state index contributed by atoms with van der Waals surface area (Å²) in [4.78, 5) is 40.0. The van der Waals surface area contributed by atoms with Crippen LogP contribution in [0.3, 0.4) is 0 Å². The summed E-state index contributed by atoms with van der Waals surface area (Å²) in [5.74, 6) is -1.69. The first-order valence-electron chi connectivity index (χ1n) is 9.48. The van der Waals surface area contributed by atoms with Crippen LogP contribution in [0.2, 0.25) is 0 Å². The number of aromatic nitrogens is 1. The summed E-state index contributed by atoms with van der Waals surface area (Å²) in [6.07, 6.45) is -0.700. The molecule has 3 N–H and O–H groups in total. The molecule has 166 valence electrons. The van der Waals surface area contributed by atoms with Crippen molar-refractivity contribution in [2.75, 3.05) is 17.7 Å². The highest BCUT2D eigenvalue weighted by atomic mass is 19.1. The molecule has 0 unspecified atom stereocenters. The third-order valence-corrected chi connectivity index (χ3v) is 4.54. The Hall–Kier alpha value is -4.78. The van der Waals surface area contributed by atoms with Crippen LogP contribution in [-0.4, -0.2) is 35.0 Å². The molecule has 3 rings (SSSR count). The maximum Gasteiger partial charge on any atom is 0.409 e. The van der Waals surface area contributed by atoms with E-state index in [0.717, 1.165) is 0 Å². The highest BCUT2D eigenvalue weighted by Gasteiger charge is 2.19. The summed E-state index contributed by atoms with van der Waals surface area (Å²) in [6.45, 7) is 0. The van der Waals surface area contributed by atoms with E-state index < -0.39 is 30.0 Å². The van der Waals surface area contributed by atoms with Crippen LogP contribution in [0.5, 0.6) is 5.75 Å². The second-order valence-corrected chi connectivity index (χ2v) is 6.70. The Balaban J connectivity index is 1.94. The number of hydrogen-bond donors (Lipinski definition) is 3. The minimum Gasteiger partial charge on any atom is -0.496 e. The van der Waals surface area contributed by atoms with Gasteiger partial charge in [-0.05, 0) is 24.3 Å². The molecular weight excluding hydrogens is 431 g/mol. The Morgan fingerprint density at radius 1 is 1.09 bits per heavy atom. The number of amides is 2. The SMILES string of the molecule is COc1cc(NC(=O)O)c(NC(=O)CC(=O)c2ccnc(C#N)c2)cc1-c1ccccc1F. The number of carbonyl (C=O) groups excluding carboxylic acids is 2. The van der Waals surface area contributed by atoms with E-state index >= 15 is 0 Å². The van der Waals surface area contributed by atoms with Gasteiger partial charge in [0.25, 0.3) is 0 Å². The number of anilines is 2. The van der Waals surface area contributed by atoms with Gasteiger partial charge in [-0.25, -0.2) is 14.2 Å². The average Bonchev–Trinajstić information content (AvgIpc) is 2.80. The number of benzene rings is 2. The van der Waals surface area contributed by atoms with E-state index in [0.29, 0.717) is 0 Å². The average molecular weight is 448 g/mol. The molecule has 10 heteroatoms. The molecule has 0 aliphatic heterocycles. The number of pyridine rings is 1. The third kappa shape index (κ3) is 5.48. The van der Waals surface area contributed by atoms with Crippen molar-refractivity contribution in [1.82, 2.24) is 4.98 Å². The van der Waals surface area contributed by atoms with Gasteiger partial charge in [0, 0.05) is 29.0 Å². The van der Waals surface area contributed by atoms with Gasteiger partial charge in [-0.2, -0.15) is 5.26 Å². The van der Waals surface area contributed by atoms with Gasteiger partial charge < -0.3 is 15.2 Å². The van der Waals surface area contributed by atoms with Gasteiger partial charge in [0.15, 0.2) is 5.78 Å². The van der Waals surface area contributed by atoms with Crippen molar-refractivity contribution in [1.29, 1.82) is 5.26 Å². The van der Waals surface area contributed by atoms with Crippen molar-refractivity contribution in [3.8, 4) is 22.9 Å². The molecule has 0 fully saturated rings. The molecule has 9 nitrogen and oxygen atoms in total. The smallest absolute Gasteiger partial charge is 0.409 e. The molecule has 0 radical (unpaired) electrons. The number of hydrogen-bond acceptors (Lipinski definition) is 6. The highest BCUT2D eigenvalue weighted by molar-refractivity contribution is 6.12. The van der Waals surface area contributed by atoms with Crippen LogP contribution in [0.15, 0.2) is 54.7 Å². The Kier molecular flexibility index (Phi) is 6.95. The molecule has 0 aliphatic rings. The molecule has 0 bridgehead atoms. The predicted molar refractivity (Wildman–Crippen MR) is 117 cm³/mol. The minimum absolute atomic E-state index is 0.00157. The van der Waals surface area contributed by atoms with Gasteiger partial charge in [-0.3, -0.25) is 14.9 Å². The number of halogens is 1. The van der Waals surface area contributed by atoms with Gasteiger partial charge >= 0.3 is 6.09 Å². The lowest BCUT2D eigenvalue weighted by molar-refractivity contribution is -0.115. The van der Waals surface area contributed by atoms with Crippen LogP contribution in [0.25, 0.3) is 11.1 Å². The van der Waals surface area contributed by atoms with Gasteiger partial charge in [0.1, 0.15) is 23.3 Å². The number of Topliss-reactive ketones (excluding diaryl/α,β-unsaturated/α-hetero) is 1. The second-order valence-electron chi connectivity index (χ2n) is 6.70.